The fourth-order valence-electron chi connectivity index (χ4n) is 4.34. The minimum Gasteiger partial charge on any atom is -0.508 e. The highest BCUT2D eigenvalue weighted by molar-refractivity contribution is 5.86. The second-order valence-electron chi connectivity index (χ2n) is 8.84. The van der Waals surface area contributed by atoms with E-state index in [1.165, 1.54) is 17.0 Å². The van der Waals surface area contributed by atoms with Gasteiger partial charge in [0, 0.05) is 37.0 Å². The molecule has 0 aliphatic carbocycles. The molecule has 0 fully saturated rings. The predicted octanol–water partition coefficient (Wildman–Crippen LogP) is 3.55. The van der Waals surface area contributed by atoms with Gasteiger partial charge in [-0.25, -0.2) is 9.97 Å². The third kappa shape index (κ3) is 4.79. The number of nitrogens with zero attached hydrogens (tertiary/aromatic N) is 4. The summed E-state index contributed by atoms with van der Waals surface area (Å²) in [5.41, 5.74) is 11.8. The van der Waals surface area contributed by atoms with Crippen molar-refractivity contribution >= 4 is 11.0 Å². The molecule has 0 bridgehead atoms. The number of aromatic nitrogens is 3. The van der Waals surface area contributed by atoms with Crippen LogP contribution in [0, 0.1) is 13.8 Å². The smallest absolute Gasteiger partial charge is 0.267 e. The lowest BCUT2D eigenvalue weighted by Gasteiger charge is -2.22. The molecule has 4 rings (SSSR count). The van der Waals surface area contributed by atoms with Gasteiger partial charge in [-0.1, -0.05) is 35.4 Å². The number of benzene rings is 2. The number of likely N-dealkylation sites (N-methyl/N-ethyl adjacent to an activating group) is 1. The molecule has 0 unspecified atom stereocenters. The molecular weight excluding hydrogens is 414 g/mol. The summed E-state index contributed by atoms with van der Waals surface area (Å²) in [7, 11) is 1.99. The fourth-order valence-corrected chi connectivity index (χ4v) is 4.34. The van der Waals surface area contributed by atoms with Gasteiger partial charge in [0.05, 0.1) is 11.1 Å². The topological polar surface area (TPSA) is 97.3 Å². The molecule has 2 aromatic heterocycles. The number of aryl methyl sites for hydroxylation is 2. The van der Waals surface area contributed by atoms with Crippen molar-refractivity contribution in [2.24, 2.45) is 5.73 Å². The molecule has 1 atom stereocenters. The van der Waals surface area contributed by atoms with Gasteiger partial charge in [0.1, 0.15) is 12.1 Å². The van der Waals surface area contributed by atoms with E-state index in [4.69, 9.17) is 5.73 Å². The molecule has 170 valence electrons. The van der Waals surface area contributed by atoms with Crippen LogP contribution in [-0.4, -0.2) is 44.2 Å². The number of pyridine rings is 1. The van der Waals surface area contributed by atoms with Crippen molar-refractivity contribution in [2.45, 2.75) is 33.4 Å². The molecule has 7 nitrogen and oxygen atoms in total. The molecule has 7 heteroatoms. The van der Waals surface area contributed by atoms with Crippen LogP contribution in [0.3, 0.4) is 0 Å². The second kappa shape index (κ2) is 9.13. The Kier molecular flexibility index (Phi) is 6.26. The van der Waals surface area contributed by atoms with E-state index in [-0.39, 0.29) is 17.4 Å². The highest BCUT2D eigenvalue weighted by Crippen LogP contribution is 2.30. The summed E-state index contributed by atoms with van der Waals surface area (Å²) in [4.78, 5) is 24.9. The predicted molar refractivity (Wildman–Crippen MR) is 132 cm³/mol. The Morgan fingerprint density at radius 3 is 2.52 bits per heavy atom. The largest absolute Gasteiger partial charge is 0.508 e. The molecule has 2 aromatic carbocycles. The summed E-state index contributed by atoms with van der Waals surface area (Å²) in [6.07, 6.45) is 3.26. The SMILES string of the molecule is Cc1cc(C)cc(-c2cnc3ncn(-c4cccc(O)c4)c(=O)c3c2CN(C)C[C@H](C)N)c1. The van der Waals surface area contributed by atoms with Gasteiger partial charge in [0.2, 0.25) is 0 Å². The third-order valence-electron chi connectivity index (χ3n) is 5.56. The van der Waals surface area contributed by atoms with E-state index >= 15 is 0 Å². The summed E-state index contributed by atoms with van der Waals surface area (Å²) < 4.78 is 1.45. The average Bonchev–Trinajstić information content (AvgIpc) is 2.72. The van der Waals surface area contributed by atoms with E-state index in [9.17, 15) is 9.90 Å². The number of aromatic hydroxyl groups is 1. The summed E-state index contributed by atoms with van der Waals surface area (Å²) in [5, 5.41) is 10.4. The van der Waals surface area contributed by atoms with Crippen LogP contribution in [0.15, 0.2) is 59.8 Å². The van der Waals surface area contributed by atoms with Crippen LogP contribution in [0.1, 0.15) is 23.6 Å². The van der Waals surface area contributed by atoms with Crippen LogP contribution in [0.2, 0.25) is 0 Å². The van der Waals surface area contributed by atoms with Crippen molar-refractivity contribution in [3.8, 4) is 22.6 Å². The lowest BCUT2D eigenvalue weighted by molar-refractivity contribution is 0.311. The van der Waals surface area contributed by atoms with Gasteiger partial charge >= 0.3 is 0 Å². The van der Waals surface area contributed by atoms with E-state index < -0.39 is 0 Å². The molecular formula is C26H29N5O2. The Morgan fingerprint density at radius 1 is 1.12 bits per heavy atom. The van der Waals surface area contributed by atoms with E-state index in [0.717, 1.165) is 27.8 Å². The van der Waals surface area contributed by atoms with Gasteiger partial charge in [-0.3, -0.25) is 9.36 Å². The van der Waals surface area contributed by atoms with Gasteiger partial charge in [0.25, 0.3) is 5.56 Å². The number of hydrogen-bond acceptors (Lipinski definition) is 6. The first-order valence-electron chi connectivity index (χ1n) is 10.9. The van der Waals surface area contributed by atoms with Crippen molar-refractivity contribution < 1.29 is 5.11 Å². The van der Waals surface area contributed by atoms with Gasteiger partial charge in [-0.05, 0) is 51.1 Å². The first-order valence-corrected chi connectivity index (χ1v) is 10.9. The highest BCUT2D eigenvalue weighted by Gasteiger charge is 2.19. The number of hydrogen-bond donors (Lipinski definition) is 2. The van der Waals surface area contributed by atoms with E-state index in [2.05, 4.69) is 46.9 Å². The maximum absolute atomic E-state index is 13.7. The molecule has 0 saturated heterocycles. The highest BCUT2D eigenvalue weighted by atomic mass is 16.3. The molecule has 0 saturated carbocycles. The first-order chi connectivity index (χ1) is 15.7. The maximum Gasteiger partial charge on any atom is 0.267 e. The van der Waals surface area contributed by atoms with Crippen molar-refractivity contribution in [3.63, 3.8) is 0 Å². The van der Waals surface area contributed by atoms with Gasteiger partial charge in [0.15, 0.2) is 5.65 Å². The Balaban J connectivity index is 2.00. The minimum absolute atomic E-state index is 0.00478. The molecule has 0 spiro atoms. The zero-order valence-electron chi connectivity index (χ0n) is 19.4. The molecule has 33 heavy (non-hydrogen) atoms. The quantitative estimate of drug-likeness (QED) is 0.473. The van der Waals surface area contributed by atoms with Crippen LogP contribution in [0.25, 0.3) is 27.8 Å². The normalized spacial score (nSPS) is 12.4. The Bertz CT molecular complexity index is 1360. The third-order valence-corrected chi connectivity index (χ3v) is 5.56. The summed E-state index contributed by atoms with van der Waals surface area (Å²) in [5.74, 6) is 0.0819. The Labute approximate surface area is 193 Å². The molecule has 4 aromatic rings. The molecule has 3 N–H and O–H groups in total. The molecule has 0 aliphatic rings. The van der Waals surface area contributed by atoms with Gasteiger partial charge < -0.3 is 15.7 Å². The van der Waals surface area contributed by atoms with Crippen molar-refractivity contribution in [1.29, 1.82) is 0 Å². The van der Waals surface area contributed by atoms with E-state index in [1.807, 2.05) is 14.0 Å². The van der Waals surface area contributed by atoms with Crippen LogP contribution in [0.4, 0.5) is 0 Å². The second-order valence-corrected chi connectivity index (χ2v) is 8.84. The first kappa shape index (κ1) is 22.6. The van der Waals surface area contributed by atoms with Crippen LogP contribution in [0.5, 0.6) is 5.75 Å². The molecule has 0 aliphatic heterocycles. The fraction of sp³-hybridized carbons (Fsp3) is 0.269. The molecule has 0 radical (unpaired) electrons. The lowest BCUT2D eigenvalue weighted by atomic mass is 9.96. The zero-order valence-corrected chi connectivity index (χ0v) is 19.4. The standard InChI is InChI=1S/C26H29N5O2/c1-16-8-17(2)10-19(9-16)22-12-28-25-24(23(22)14-30(4)13-18(3)27)26(33)31(15-29-25)20-6-5-7-21(32)11-20/h5-12,15,18,32H,13-14,27H2,1-4H3/t18-/m0/s1. The van der Waals surface area contributed by atoms with Crippen molar-refractivity contribution in [3.05, 3.63) is 82.0 Å². The van der Waals surface area contributed by atoms with Gasteiger partial charge in [-0.15, -0.1) is 0 Å². The molecule has 0 amide bonds. The zero-order chi connectivity index (χ0) is 23.7. The number of phenols is 1. The van der Waals surface area contributed by atoms with Crippen LogP contribution < -0.4 is 11.3 Å². The molecule has 2 heterocycles. The maximum atomic E-state index is 13.7. The van der Waals surface area contributed by atoms with E-state index in [1.54, 1.807) is 24.4 Å². The summed E-state index contributed by atoms with van der Waals surface area (Å²) >= 11 is 0. The number of fused-ring (bicyclic) bond motifs is 1. The summed E-state index contributed by atoms with van der Waals surface area (Å²) in [6.45, 7) is 7.27. The number of nitrogens with two attached hydrogens (primary N) is 1. The minimum atomic E-state index is -0.228. The van der Waals surface area contributed by atoms with Crippen LogP contribution >= 0.6 is 0 Å². The van der Waals surface area contributed by atoms with Crippen molar-refractivity contribution in [1.82, 2.24) is 19.4 Å². The number of rotatable bonds is 6. The summed E-state index contributed by atoms with van der Waals surface area (Å²) in [6, 6.07) is 12.9. The lowest BCUT2D eigenvalue weighted by Crippen LogP contribution is -2.33. The van der Waals surface area contributed by atoms with Gasteiger partial charge in [-0.2, -0.15) is 0 Å². The van der Waals surface area contributed by atoms with Crippen LogP contribution in [-0.2, 0) is 6.54 Å². The Morgan fingerprint density at radius 2 is 1.85 bits per heavy atom. The average molecular weight is 444 g/mol. The monoisotopic (exact) mass is 443 g/mol. The van der Waals surface area contributed by atoms with E-state index in [0.29, 0.717) is 29.8 Å². The van der Waals surface area contributed by atoms with Crippen molar-refractivity contribution in [2.75, 3.05) is 13.6 Å². The number of phenolic OH excluding ortho intramolecular Hbond substituents is 1. The Hall–Kier alpha value is -3.55.